The summed E-state index contributed by atoms with van der Waals surface area (Å²) in [6.07, 6.45) is 1.67. The van der Waals surface area contributed by atoms with Crippen LogP contribution in [0, 0.1) is 19.3 Å². The zero-order valence-electron chi connectivity index (χ0n) is 17.8. The van der Waals surface area contributed by atoms with Gasteiger partial charge in [0, 0.05) is 36.3 Å². The molecule has 6 nitrogen and oxygen atoms in total. The van der Waals surface area contributed by atoms with Gasteiger partial charge in [-0.1, -0.05) is 44.2 Å². The van der Waals surface area contributed by atoms with Crippen LogP contribution >= 0.6 is 0 Å². The highest BCUT2D eigenvalue weighted by atomic mass is 16.5. The smallest absolute Gasteiger partial charge is 0.316 e. The van der Waals surface area contributed by atoms with Crippen LogP contribution in [-0.2, 0) is 11.2 Å². The molecule has 156 valence electrons. The summed E-state index contributed by atoms with van der Waals surface area (Å²) in [4.78, 5) is 23.2. The number of likely N-dealkylation sites (tertiary alicyclic amines) is 1. The maximum absolute atomic E-state index is 12.7. The average Bonchev–Trinajstić information content (AvgIpc) is 2.67. The number of ether oxygens (including phenoxy) is 1. The number of amides is 1. The van der Waals surface area contributed by atoms with Crippen molar-refractivity contribution in [1.82, 2.24) is 14.9 Å². The Hall–Kier alpha value is -2.47. The number of hydrogen-bond donors (Lipinski definition) is 1. The minimum absolute atomic E-state index is 0.106. The number of benzene rings is 1. The topological polar surface area (TPSA) is 75.6 Å². The molecule has 1 N–H and O–H groups in total. The first-order valence-corrected chi connectivity index (χ1v) is 10.2. The van der Waals surface area contributed by atoms with Crippen molar-refractivity contribution in [2.24, 2.45) is 5.41 Å². The van der Waals surface area contributed by atoms with Gasteiger partial charge in [0.2, 0.25) is 5.91 Å². The second-order valence-electron chi connectivity index (χ2n) is 8.69. The van der Waals surface area contributed by atoms with Crippen molar-refractivity contribution < 1.29 is 14.6 Å². The standard InChI is InChI=1S/C23H31N3O3/c1-17-14-18(2)25-21(24-17)29-16-23(28)12-13-26(15-22(23,3)4)20(27)11-10-19-8-6-5-7-9-19/h5-9,14,28H,10-13,15-16H2,1-4H3. The summed E-state index contributed by atoms with van der Waals surface area (Å²) in [6.45, 7) is 8.86. The number of aromatic nitrogens is 2. The van der Waals surface area contributed by atoms with Gasteiger partial charge < -0.3 is 14.7 Å². The molecular formula is C23H31N3O3. The number of carbonyl (C=O) groups is 1. The number of hydrogen-bond acceptors (Lipinski definition) is 5. The lowest BCUT2D eigenvalue weighted by Gasteiger charge is -2.49. The van der Waals surface area contributed by atoms with E-state index in [0.717, 1.165) is 23.4 Å². The quantitative estimate of drug-likeness (QED) is 0.811. The van der Waals surface area contributed by atoms with Gasteiger partial charge in [-0.15, -0.1) is 0 Å². The van der Waals surface area contributed by atoms with E-state index in [1.807, 2.05) is 69.0 Å². The molecule has 0 saturated carbocycles. The predicted octanol–water partition coefficient (Wildman–Crippen LogP) is 3.09. The Labute approximate surface area is 172 Å². The Morgan fingerprint density at radius 3 is 2.45 bits per heavy atom. The van der Waals surface area contributed by atoms with E-state index < -0.39 is 11.0 Å². The van der Waals surface area contributed by atoms with Gasteiger partial charge in [0.1, 0.15) is 12.2 Å². The molecule has 1 aromatic heterocycles. The van der Waals surface area contributed by atoms with E-state index in [1.165, 1.54) is 0 Å². The Bertz CT molecular complexity index is 833. The average molecular weight is 398 g/mol. The zero-order chi connectivity index (χ0) is 21.1. The van der Waals surface area contributed by atoms with Crippen molar-refractivity contribution in [3.8, 4) is 6.01 Å². The largest absolute Gasteiger partial charge is 0.460 e. The predicted molar refractivity (Wildman–Crippen MR) is 112 cm³/mol. The molecule has 1 unspecified atom stereocenters. The highest BCUT2D eigenvalue weighted by molar-refractivity contribution is 5.76. The van der Waals surface area contributed by atoms with Crippen LogP contribution in [0.5, 0.6) is 6.01 Å². The first kappa shape index (κ1) is 21.2. The SMILES string of the molecule is Cc1cc(C)nc(OCC2(O)CCN(C(=O)CCc3ccccc3)CC2(C)C)n1. The number of piperidine rings is 1. The summed E-state index contributed by atoms with van der Waals surface area (Å²) in [6, 6.07) is 12.2. The van der Waals surface area contributed by atoms with Crippen molar-refractivity contribution in [3.63, 3.8) is 0 Å². The molecule has 1 aliphatic heterocycles. The van der Waals surface area contributed by atoms with Crippen LogP contribution in [0.4, 0.5) is 0 Å². The van der Waals surface area contributed by atoms with Crippen molar-refractivity contribution in [3.05, 3.63) is 53.3 Å². The van der Waals surface area contributed by atoms with Crippen LogP contribution < -0.4 is 4.74 Å². The second-order valence-corrected chi connectivity index (χ2v) is 8.69. The van der Waals surface area contributed by atoms with Gasteiger partial charge in [-0.3, -0.25) is 4.79 Å². The Morgan fingerprint density at radius 1 is 1.17 bits per heavy atom. The maximum atomic E-state index is 12.7. The van der Waals surface area contributed by atoms with Crippen LogP contribution in [0.3, 0.4) is 0 Å². The highest BCUT2D eigenvalue weighted by Gasteiger charge is 2.49. The van der Waals surface area contributed by atoms with Crippen LogP contribution in [0.25, 0.3) is 0 Å². The first-order valence-electron chi connectivity index (χ1n) is 10.2. The van der Waals surface area contributed by atoms with Crippen molar-refractivity contribution in [2.45, 2.75) is 52.6 Å². The molecule has 2 heterocycles. The molecule has 1 fully saturated rings. The van der Waals surface area contributed by atoms with Crippen LogP contribution in [0.2, 0.25) is 0 Å². The van der Waals surface area contributed by atoms with Crippen LogP contribution in [0.1, 0.15) is 43.6 Å². The Kier molecular flexibility index (Phi) is 6.22. The van der Waals surface area contributed by atoms with E-state index in [2.05, 4.69) is 9.97 Å². The first-order chi connectivity index (χ1) is 13.7. The molecule has 29 heavy (non-hydrogen) atoms. The monoisotopic (exact) mass is 397 g/mol. The highest BCUT2D eigenvalue weighted by Crippen LogP contribution is 2.39. The third kappa shape index (κ3) is 5.12. The van der Waals surface area contributed by atoms with E-state index >= 15 is 0 Å². The molecule has 1 saturated heterocycles. The zero-order valence-corrected chi connectivity index (χ0v) is 17.8. The molecule has 1 aromatic carbocycles. The fourth-order valence-corrected chi connectivity index (χ4v) is 3.84. The molecule has 1 amide bonds. The molecule has 1 aliphatic rings. The fourth-order valence-electron chi connectivity index (χ4n) is 3.84. The molecule has 0 aliphatic carbocycles. The normalized spacial score (nSPS) is 21.1. The van der Waals surface area contributed by atoms with E-state index in [4.69, 9.17) is 4.74 Å². The molecular weight excluding hydrogens is 366 g/mol. The van der Waals surface area contributed by atoms with E-state index in [9.17, 15) is 9.90 Å². The summed E-state index contributed by atoms with van der Waals surface area (Å²) < 4.78 is 5.77. The summed E-state index contributed by atoms with van der Waals surface area (Å²) in [5.74, 6) is 0.127. The number of carbonyl (C=O) groups excluding carboxylic acids is 1. The third-order valence-corrected chi connectivity index (χ3v) is 5.87. The van der Waals surface area contributed by atoms with Gasteiger partial charge in [-0.2, -0.15) is 0 Å². The second kappa shape index (κ2) is 8.49. The minimum atomic E-state index is -1.05. The van der Waals surface area contributed by atoms with Crippen LogP contribution in [0.15, 0.2) is 36.4 Å². The Morgan fingerprint density at radius 2 is 1.83 bits per heavy atom. The summed E-state index contributed by atoms with van der Waals surface area (Å²) in [5.41, 5.74) is 1.27. The molecule has 0 radical (unpaired) electrons. The lowest BCUT2D eigenvalue weighted by Crippen LogP contribution is -2.61. The summed E-state index contributed by atoms with van der Waals surface area (Å²) >= 11 is 0. The number of rotatable bonds is 6. The van der Waals surface area contributed by atoms with Crippen molar-refractivity contribution >= 4 is 5.91 Å². The summed E-state index contributed by atoms with van der Waals surface area (Å²) in [5, 5.41) is 11.3. The van der Waals surface area contributed by atoms with Gasteiger partial charge in [-0.05, 0) is 38.3 Å². The van der Waals surface area contributed by atoms with E-state index in [0.29, 0.717) is 25.9 Å². The lowest BCUT2D eigenvalue weighted by atomic mass is 9.70. The van der Waals surface area contributed by atoms with Gasteiger partial charge in [0.05, 0.1) is 0 Å². The molecule has 1 atom stereocenters. The van der Waals surface area contributed by atoms with Gasteiger partial charge >= 0.3 is 6.01 Å². The number of aryl methyl sites for hydroxylation is 3. The molecule has 0 bridgehead atoms. The Balaban J connectivity index is 1.58. The van der Waals surface area contributed by atoms with E-state index in [1.54, 1.807) is 0 Å². The number of nitrogens with zero attached hydrogens (tertiary/aromatic N) is 3. The maximum Gasteiger partial charge on any atom is 0.316 e. The molecule has 0 spiro atoms. The van der Waals surface area contributed by atoms with Gasteiger partial charge in [-0.25, -0.2) is 9.97 Å². The van der Waals surface area contributed by atoms with Gasteiger partial charge in [0.15, 0.2) is 0 Å². The number of aliphatic hydroxyl groups is 1. The lowest BCUT2D eigenvalue weighted by molar-refractivity contribution is -0.158. The molecule has 3 rings (SSSR count). The van der Waals surface area contributed by atoms with Crippen molar-refractivity contribution in [2.75, 3.05) is 19.7 Å². The minimum Gasteiger partial charge on any atom is -0.460 e. The summed E-state index contributed by atoms with van der Waals surface area (Å²) in [7, 11) is 0. The van der Waals surface area contributed by atoms with E-state index in [-0.39, 0.29) is 18.5 Å². The third-order valence-electron chi connectivity index (χ3n) is 5.87. The van der Waals surface area contributed by atoms with Crippen molar-refractivity contribution in [1.29, 1.82) is 0 Å². The van der Waals surface area contributed by atoms with Gasteiger partial charge in [0.25, 0.3) is 0 Å². The molecule has 2 aromatic rings. The van der Waals surface area contributed by atoms with Crippen LogP contribution in [-0.4, -0.2) is 51.2 Å². The fraction of sp³-hybridized carbons (Fsp3) is 0.522. The molecule has 6 heteroatoms.